The molecule has 4 nitrogen and oxygen atoms in total. The first-order chi connectivity index (χ1) is 9.31. The van der Waals surface area contributed by atoms with Crippen molar-refractivity contribution in [1.82, 2.24) is 4.90 Å². The SMILES string of the molecule is CC(=O)N(CCC(=O)Nc1cc(C)ccc1C)C(C)C. The van der Waals surface area contributed by atoms with Gasteiger partial charge in [0.05, 0.1) is 0 Å². The first-order valence-electron chi connectivity index (χ1n) is 6.95. The van der Waals surface area contributed by atoms with Crippen LogP contribution in [0.4, 0.5) is 5.69 Å². The van der Waals surface area contributed by atoms with E-state index in [-0.39, 0.29) is 17.9 Å². The molecule has 1 aromatic carbocycles. The Kier molecular flexibility index (Phi) is 5.74. The normalized spacial score (nSPS) is 10.5. The first kappa shape index (κ1) is 16.2. The second kappa shape index (κ2) is 7.08. The maximum absolute atomic E-state index is 12.0. The van der Waals surface area contributed by atoms with Crippen LogP contribution in [0.1, 0.15) is 38.3 Å². The quantitative estimate of drug-likeness (QED) is 0.899. The molecule has 0 saturated carbocycles. The second-order valence-corrected chi connectivity index (χ2v) is 5.42. The Morgan fingerprint density at radius 3 is 2.45 bits per heavy atom. The summed E-state index contributed by atoms with van der Waals surface area (Å²) in [6, 6.07) is 6.07. The molecule has 0 aliphatic carbocycles. The van der Waals surface area contributed by atoms with E-state index in [4.69, 9.17) is 0 Å². The fraction of sp³-hybridized carbons (Fsp3) is 0.500. The minimum absolute atomic E-state index is 0.000430. The zero-order chi connectivity index (χ0) is 15.3. The zero-order valence-corrected chi connectivity index (χ0v) is 13.0. The van der Waals surface area contributed by atoms with Crippen LogP contribution >= 0.6 is 0 Å². The van der Waals surface area contributed by atoms with Crippen LogP contribution in [-0.2, 0) is 9.59 Å². The monoisotopic (exact) mass is 276 g/mol. The highest BCUT2D eigenvalue weighted by Crippen LogP contribution is 2.16. The third-order valence-corrected chi connectivity index (χ3v) is 3.27. The van der Waals surface area contributed by atoms with Crippen LogP contribution in [-0.4, -0.2) is 29.3 Å². The van der Waals surface area contributed by atoms with Crippen molar-refractivity contribution >= 4 is 17.5 Å². The highest BCUT2D eigenvalue weighted by atomic mass is 16.2. The van der Waals surface area contributed by atoms with Gasteiger partial charge < -0.3 is 10.2 Å². The van der Waals surface area contributed by atoms with Crippen molar-refractivity contribution < 1.29 is 9.59 Å². The molecule has 1 N–H and O–H groups in total. The number of nitrogens with one attached hydrogen (secondary N) is 1. The lowest BCUT2D eigenvalue weighted by molar-refractivity contribution is -0.130. The molecule has 0 radical (unpaired) electrons. The number of rotatable bonds is 5. The van der Waals surface area contributed by atoms with Gasteiger partial charge in [-0.25, -0.2) is 0 Å². The molecule has 0 heterocycles. The predicted molar refractivity (Wildman–Crippen MR) is 81.7 cm³/mol. The van der Waals surface area contributed by atoms with Crippen molar-refractivity contribution in [3.05, 3.63) is 29.3 Å². The average molecular weight is 276 g/mol. The molecule has 110 valence electrons. The van der Waals surface area contributed by atoms with E-state index in [1.807, 2.05) is 45.9 Å². The molecule has 0 saturated heterocycles. The second-order valence-electron chi connectivity index (χ2n) is 5.42. The summed E-state index contributed by atoms with van der Waals surface area (Å²) in [6.07, 6.45) is 0.311. The van der Waals surface area contributed by atoms with Crippen molar-refractivity contribution in [1.29, 1.82) is 0 Å². The van der Waals surface area contributed by atoms with Crippen molar-refractivity contribution in [3.8, 4) is 0 Å². The van der Waals surface area contributed by atoms with Crippen LogP contribution in [0.3, 0.4) is 0 Å². The van der Waals surface area contributed by atoms with Crippen molar-refractivity contribution in [2.45, 2.75) is 47.1 Å². The molecule has 0 spiro atoms. The maximum atomic E-state index is 12.0. The molecule has 0 aromatic heterocycles. The van der Waals surface area contributed by atoms with E-state index in [1.165, 1.54) is 6.92 Å². The van der Waals surface area contributed by atoms with Gasteiger partial charge in [0, 0.05) is 31.6 Å². The van der Waals surface area contributed by atoms with E-state index < -0.39 is 0 Å². The number of nitrogens with zero attached hydrogens (tertiary/aromatic N) is 1. The summed E-state index contributed by atoms with van der Waals surface area (Å²) < 4.78 is 0. The summed E-state index contributed by atoms with van der Waals surface area (Å²) in [5.41, 5.74) is 2.99. The minimum Gasteiger partial charge on any atom is -0.340 e. The van der Waals surface area contributed by atoms with Crippen LogP contribution in [0.5, 0.6) is 0 Å². The number of aryl methyl sites for hydroxylation is 2. The Morgan fingerprint density at radius 1 is 1.25 bits per heavy atom. The number of hydrogen-bond donors (Lipinski definition) is 1. The van der Waals surface area contributed by atoms with Gasteiger partial charge in [0.2, 0.25) is 11.8 Å². The van der Waals surface area contributed by atoms with Crippen molar-refractivity contribution in [3.63, 3.8) is 0 Å². The molecule has 0 bridgehead atoms. The Morgan fingerprint density at radius 2 is 1.90 bits per heavy atom. The Bertz CT molecular complexity index is 495. The van der Waals surface area contributed by atoms with Crippen LogP contribution < -0.4 is 5.32 Å². The largest absolute Gasteiger partial charge is 0.340 e. The molecule has 0 fully saturated rings. The fourth-order valence-corrected chi connectivity index (χ4v) is 2.08. The Labute approximate surface area is 121 Å². The molecule has 1 rings (SSSR count). The Hall–Kier alpha value is -1.84. The molecule has 1 aromatic rings. The average Bonchev–Trinajstić information content (AvgIpc) is 2.33. The van der Waals surface area contributed by atoms with Gasteiger partial charge in [-0.05, 0) is 44.9 Å². The summed E-state index contributed by atoms with van der Waals surface area (Å²) in [7, 11) is 0. The number of hydrogen-bond acceptors (Lipinski definition) is 2. The summed E-state index contributed by atoms with van der Waals surface area (Å²) in [4.78, 5) is 25.1. The van der Waals surface area contributed by atoms with Crippen molar-refractivity contribution in [2.24, 2.45) is 0 Å². The molecular formula is C16H24N2O2. The maximum Gasteiger partial charge on any atom is 0.226 e. The highest BCUT2D eigenvalue weighted by molar-refractivity contribution is 5.92. The van der Waals surface area contributed by atoms with Crippen LogP contribution in [0, 0.1) is 13.8 Å². The number of amides is 2. The molecule has 0 aliphatic rings. The summed E-state index contributed by atoms with van der Waals surface area (Å²) in [5.74, 6) is -0.0647. The van der Waals surface area contributed by atoms with Gasteiger partial charge in [-0.2, -0.15) is 0 Å². The molecule has 2 amide bonds. The van der Waals surface area contributed by atoms with Crippen LogP contribution in [0.25, 0.3) is 0 Å². The van der Waals surface area contributed by atoms with Gasteiger partial charge in [0.1, 0.15) is 0 Å². The van der Waals surface area contributed by atoms with E-state index in [9.17, 15) is 9.59 Å². The lowest BCUT2D eigenvalue weighted by Crippen LogP contribution is -2.37. The van der Waals surface area contributed by atoms with E-state index in [0.717, 1.165) is 16.8 Å². The molecule has 0 unspecified atom stereocenters. The van der Waals surface area contributed by atoms with E-state index >= 15 is 0 Å². The third kappa shape index (κ3) is 4.68. The molecule has 0 aliphatic heterocycles. The zero-order valence-electron chi connectivity index (χ0n) is 13.0. The smallest absolute Gasteiger partial charge is 0.226 e. The van der Waals surface area contributed by atoms with Gasteiger partial charge in [-0.15, -0.1) is 0 Å². The summed E-state index contributed by atoms with van der Waals surface area (Å²) in [5, 5.41) is 2.91. The molecular weight excluding hydrogens is 252 g/mol. The minimum atomic E-state index is -0.0643. The molecule has 4 heteroatoms. The van der Waals surface area contributed by atoms with E-state index in [1.54, 1.807) is 4.90 Å². The van der Waals surface area contributed by atoms with Gasteiger partial charge in [-0.1, -0.05) is 12.1 Å². The predicted octanol–water partition coefficient (Wildman–Crippen LogP) is 2.89. The van der Waals surface area contributed by atoms with Gasteiger partial charge in [0.15, 0.2) is 0 Å². The Balaban J connectivity index is 2.60. The topological polar surface area (TPSA) is 49.4 Å². The lowest BCUT2D eigenvalue weighted by Gasteiger charge is -2.25. The van der Waals surface area contributed by atoms with Crippen LogP contribution in [0.2, 0.25) is 0 Å². The van der Waals surface area contributed by atoms with Crippen LogP contribution in [0.15, 0.2) is 18.2 Å². The number of anilines is 1. The summed E-state index contributed by atoms with van der Waals surface area (Å²) >= 11 is 0. The first-order valence-corrected chi connectivity index (χ1v) is 6.95. The number of carbonyl (C=O) groups excluding carboxylic acids is 2. The molecule has 20 heavy (non-hydrogen) atoms. The highest BCUT2D eigenvalue weighted by Gasteiger charge is 2.14. The van der Waals surface area contributed by atoms with Crippen molar-refractivity contribution in [2.75, 3.05) is 11.9 Å². The fourth-order valence-electron chi connectivity index (χ4n) is 2.08. The van der Waals surface area contributed by atoms with Gasteiger partial charge >= 0.3 is 0 Å². The number of carbonyl (C=O) groups is 2. The van der Waals surface area contributed by atoms with E-state index in [2.05, 4.69) is 5.32 Å². The molecule has 0 atom stereocenters. The number of benzene rings is 1. The standard InChI is InChI=1S/C16H24N2O2/c1-11(2)18(14(5)19)9-8-16(20)17-15-10-12(3)6-7-13(15)4/h6-7,10-11H,8-9H2,1-5H3,(H,17,20). The third-order valence-electron chi connectivity index (χ3n) is 3.27. The van der Waals surface area contributed by atoms with Gasteiger partial charge in [0.25, 0.3) is 0 Å². The van der Waals surface area contributed by atoms with E-state index in [0.29, 0.717) is 13.0 Å². The summed E-state index contributed by atoms with van der Waals surface area (Å²) in [6.45, 7) is 9.83. The van der Waals surface area contributed by atoms with Gasteiger partial charge in [-0.3, -0.25) is 9.59 Å². The lowest BCUT2D eigenvalue weighted by atomic mass is 10.1.